The fraction of sp³-hybridized carbons (Fsp3) is 0.500. The first-order chi connectivity index (χ1) is 7.85. The molecule has 2 rings (SSSR count). The molecule has 4 heteroatoms. The van der Waals surface area contributed by atoms with Crippen molar-refractivity contribution >= 4 is 0 Å². The van der Waals surface area contributed by atoms with E-state index in [1.54, 1.807) is 7.11 Å². The Kier molecular flexibility index (Phi) is 3.77. The molecule has 1 aliphatic heterocycles. The second-order valence-electron chi connectivity index (χ2n) is 3.85. The molecule has 1 heterocycles. The largest absolute Gasteiger partial charge is 0.496 e. The van der Waals surface area contributed by atoms with Gasteiger partial charge in [0.25, 0.3) is 0 Å². The number of rotatable bonds is 3. The Balaban J connectivity index is 2.07. The molecule has 0 saturated carbocycles. The number of para-hydroxylation sites is 1. The summed E-state index contributed by atoms with van der Waals surface area (Å²) in [7, 11) is 1.66. The van der Waals surface area contributed by atoms with Crippen LogP contribution in [0.4, 0.5) is 0 Å². The van der Waals surface area contributed by atoms with Crippen LogP contribution < -0.4 is 10.1 Å². The van der Waals surface area contributed by atoms with Crippen molar-refractivity contribution in [3.63, 3.8) is 0 Å². The van der Waals surface area contributed by atoms with Crippen LogP contribution in [-0.4, -0.2) is 38.0 Å². The van der Waals surface area contributed by atoms with Gasteiger partial charge in [0.2, 0.25) is 0 Å². The standard InChI is InChI=1S/C12H17NO3/c1-15-11-5-3-2-4-10(11)12-6-13-9(7-14)8-16-12/h2-5,9,12-14H,6-8H2,1H3. The van der Waals surface area contributed by atoms with Crippen molar-refractivity contribution < 1.29 is 14.6 Å². The molecule has 2 atom stereocenters. The molecule has 1 aromatic rings. The molecule has 0 aromatic heterocycles. The van der Waals surface area contributed by atoms with Crippen LogP contribution in [0.1, 0.15) is 11.7 Å². The zero-order valence-corrected chi connectivity index (χ0v) is 9.35. The fourth-order valence-corrected chi connectivity index (χ4v) is 1.87. The van der Waals surface area contributed by atoms with Crippen LogP contribution >= 0.6 is 0 Å². The fourth-order valence-electron chi connectivity index (χ4n) is 1.87. The number of methoxy groups -OCH3 is 1. The first kappa shape index (κ1) is 11.4. The van der Waals surface area contributed by atoms with Crippen molar-refractivity contribution in [1.29, 1.82) is 0 Å². The molecule has 1 saturated heterocycles. The average Bonchev–Trinajstić information content (AvgIpc) is 2.39. The summed E-state index contributed by atoms with van der Waals surface area (Å²) in [5, 5.41) is 12.2. The predicted octanol–water partition coefficient (Wildman–Crippen LogP) is 0.717. The van der Waals surface area contributed by atoms with Gasteiger partial charge in [0, 0.05) is 12.1 Å². The van der Waals surface area contributed by atoms with Crippen molar-refractivity contribution in [2.24, 2.45) is 0 Å². The lowest BCUT2D eigenvalue weighted by molar-refractivity contribution is -0.0105. The van der Waals surface area contributed by atoms with Crippen LogP contribution in [0.25, 0.3) is 0 Å². The van der Waals surface area contributed by atoms with Crippen molar-refractivity contribution in [2.45, 2.75) is 12.1 Å². The molecule has 1 aromatic carbocycles. The minimum absolute atomic E-state index is 0.000972. The molecule has 16 heavy (non-hydrogen) atoms. The maximum atomic E-state index is 8.98. The maximum absolute atomic E-state index is 8.98. The molecule has 4 nitrogen and oxygen atoms in total. The SMILES string of the molecule is COc1ccccc1C1CNC(CO)CO1. The third-order valence-electron chi connectivity index (χ3n) is 2.80. The summed E-state index contributed by atoms with van der Waals surface area (Å²) in [6, 6.07) is 7.89. The molecule has 0 bridgehead atoms. The van der Waals surface area contributed by atoms with E-state index in [2.05, 4.69) is 5.32 Å². The van der Waals surface area contributed by atoms with E-state index in [0.717, 1.165) is 11.3 Å². The van der Waals surface area contributed by atoms with Gasteiger partial charge in [-0.05, 0) is 6.07 Å². The summed E-state index contributed by atoms with van der Waals surface area (Å²) in [6.45, 7) is 1.34. The highest BCUT2D eigenvalue weighted by Gasteiger charge is 2.23. The van der Waals surface area contributed by atoms with Gasteiger partial charge in [0.05, 0.1) is 32.5 Å². The Morgan fingerprint density at radius 3 is 2.94 bits per heavy atom. The first-order valence-corrected chi connectivity index (χ1v) is 5.44. The third kappa shape index (κ3) is 2.35. The lowest BCUT2D eigenvalue weighted by atomic mass is 10.1. The van der Waals surface area contributed by atoms with Crippen LogP contribution in [0, 0.1) is 0 Å². The number of aliphatic hydroxyl groups excluding tert-OH is 1. The van der Waals surface area contributed by atoms with Gasteiger partial charge in [-0.15, -0.1) is 0 Å². The monoisotopic (exact) mass is 223 g/mol. The van der Waals surface area contributed by atoms with Gasteiger partial charge in [-0.1, -0.05) is 18.2 Å². The zero-order chi connectivity index (χ0) is 11.4. The van der Waals surface area contributed by atoms with Gasteiger partial charge in [0.15, 0.2) is 0 Å². The van der Waals surface area contributed by atoms with Gasteiger partial charge >= 0.3 is 0 Å². The smallest absolute Gasteiger partial charge is 0.124 e. The van der Waals surface area contributed by atoms with Crippen LogP contribution in [0.15, 0.2) is 24.3 Å². The van der Waals surface area contributed by atoms with E-state index in [-0.39, 0.29) is 18.8 Å². The Bertz CT molecular complexity index is 335. The predicted molar refractivity (Wildman–Crippen MR) is 60.6 cm³/mol. The van der Waals surface area contributed by atoms with Gasteiger partial charge in [-0.3, -0.25) is 0 Å². The quantitative estimate of drug-likeness (QED) is 0.792. The van der Waals surface area contributed by atoms with Crippen LogP contribution in [0.3, 0.4) is 0 Å². The highest BCUT2D eigenvalue weighted by Crippen LogP contribution is 2.28. The highest BCUT2D eigenvalue weighted by atomic mass is 16.5. The Morgan fingerprint density at radius 1 is 1.50 bits per heavy atom. The Morgan fingerprint density at radius 2 is 2.31 bits per heavy atom. The molecule has 0 radical (unpaired) electrons. The number of morpholine rings is 1. The number of hydrogen-bond donors (Lipinski definition) is 2. The summed E-state index contributed by atoms with van der Waals surface area (Å²) < 4.78 is 11.0. The van der Waals surface area contributed by atoms with Crippen LogP contribution in [-0.2, 0) is 4.74 Å². The molecule has 0 amide bonds. The highest BCUT2D eigenvalue weighted by molar-refractivity contribution is 5.35. The lowest BCUT2D eigenvalue weighted by Gasteiger charge is -2.30. The number of hydrogen-bond acceptors (Lipinski definition) is 4. The maximum Gasteiger partial charge on any atom is 0.124 e. The first-order valence-electron chi connectivity index (χ1n) is 5.44. The molecule has 1 fully saturated rings. The van der Waals surface area contributed by atoms with E-state index >= 15 is 0 Å². The van der Waals surface area contributed by atoms with Crippen LogP contribution in [0.2, 0.25) is 0 Å². The third-order valence-corrected chi connectivity index (χ3v) is 2.80. The van der Waals surface area contributed by atoms with Gasteiger partial charge in [0.1, 0.15) is 5.75 Å². The summed E-state index contributed by atoms with van der Waals surface area (Å²) in [5.41, 5.74) is 1.05. The topological polar surface area (TPSA) is 50.7 Å². The molecule has 1 aliphatic rings. The van der Waals surface area contributed by atoms with Gasteiger partial charge in [-0.25, -0.2) is 0 Å². The van der Waals surface area contributed by atoms with E-state index in [1.165, 1.54) is 0 Å². The second-order valence-corrected chi connectivity index (χ2v) is 3.85. The summed E-state index contributed by atoms with van der Waals surface area (Å²) in [6.07, 6.45) is -0.000972. The number of aliphatic hydroxyl groups is 1. The van der Waals surface area contributed by atoms with Crippen molar-refractivity contribution in [3.8, 4) is 5.75 Å². The minimum atomic E-state index is -0.000972. The zero-order valence-electron chi connectivity index (χ0n) is 9.35. The average molecular weight is 223 g/mol. The molecule has 2 unspecified atom stereocenters. The van der Waals surface area contributed by atoms with E-state index in [9.17, 15) is 0 Å². The van der Waals surface area contributed by atoms with Crippen molar-refractivity contribution in [3.05, 3.63) is 29.8 Å². The van der Waals surface area contributed by atoms with Crippen molar-refractivity contribution in [2.75, 3.05) is 26.9 Å². The van der Waals surface area contributed by atoms with E-state index < -0.39 is 0 Å². The Hall–Kier alpha value is -1.10. The Labute approximate surface area is 95.2 Å². The summed E-state index contributed by atoms with van der Waals surface area (Å²) in [4.78, 5) is 0. The summed E-state index contributed by atoms with van der Waals surface area (Å²) >= 11 is 0. The van der Waals surface area contributed by atoms with Gasteiger partial charge < -0.3 is 19.9 Å². The molecule has 0 spiro atoms. The van der Waals surface area contributed by atoms with Gasteiger partial charge in [-0.2, -0.15) is 0 Å². The minimum Gasteiger partial charge on any atom is -0.496 e. The molecule has 2 N–H and O–H groups in total. The molecule has 0 aliphatic carbocycles. The molecular weight excluding hydrogens is 206 g/mol. The van der Waals surface area contributed by atoms with Crippen LogP contribution in [0.5, 0.6) is 5.75 Å². The van der Waals surface area contributed by atoms with E-state index in [0.29, 0.717) is 13.2 Å². The van der Waals surface area contributed by atoms with Crippen molar-refractivity contribution in [1.82, 2.24) is 5.32 Å². The summed E-state index contributed by atoms with van der Waals surface area (Å²) in [5.74, 6) is 0.844. The second kappa shape index (κ2) is 5.30. The molecular formula is C12H17NO3. The number of benzene rings is 1. The van der Waals surface area contributed by atoms with E-state index in [1.807, 2.05) is 24.3 Å². The lowest BCUT2D eigenvalue weighted by Crippen LogP contribution is -2.44. The normalized spacial score (nSPS) is 25.4. The van der Waals surface area contributed by atoms with E-state index in [4.69, 9.17) is 14.6 Å². The molecule has 88 valence electrons. The number of nitrogens with one attached hydrogen (secondary N) is 1. The number of ether oxygens (including phenoxy) is 2.